The van der Waals surface area contributed by atoms with E-state index in [2.05, 4.69) is 29.8 Å². The van der Waals surface area contributed by atoms with E-state index in [9.17, 15) is 32.9 Å². The van der Waals surface area contributed by atoms with Crippen molar-refractivity contribution in [3.8, 4) is 0 Å². The zero-order chi connectivity index (χ0) is 37.2. The highest BCUT2D eigenvalue weighted by atomic mass is 31.2. The molecule has 2 aromatic rings. The van der Waals surface area contributed by atoms with Crippen LogP contribution in [0.4, 0.5) is 14.9 Å². The average molecular weight is 726 g/mol. The Labute approximate surface area is 287 Å². The summed E-state index contributed by atoms with van der Waals surface area (Å²) < 4.78 is 45.0. The minimum absolute atomic E-state index is 0.0381. The number of esters is 1. The number of phosphoric acid groups is 1. The minimum Gasteiger partial charge on any atom is -0.455 e. The number of aromatic nitrogens is 1. The number of imide groups is 1. The van der Waals surface area contributed by atoms with Crippen molar-refractivity contribution in [1.82, 2.24) is 20.5 Å². The monoisotopic (exact) mass is 725 g/mol. The van der Waals surface area contributed by atoms with E-state index in [1.54, 1.807) is 13.8 Å². The fraction of sp³-hybridized carbons (Fsp3) is 0.452. The molecule has 0 saturated carbocycles. The predicted octanol–water partition coefficient (Wildman–Crippen LogP) is 1.65. The summed E-state index contributed by atoms with van der Waals surface area (Å²) in [5, 5.41) is 5.09. The smallest absolute Gasteiger partial charge is 0.455 e. The number of aromatic amines is 1. The second-order valence-electron chi connectivity index (χ2n) is 11.0. The molecule has 5 N–H and O–H groups in total. The highest BCUT2D eigenvalue weighted by molar-refractivity contribution is 7.46. The van der Waals surface area contributed by atoms with Gasteiger partial charge in [0.05, 0.1) is 23.4 Å². The first-order valence-electron chi connectivity index (χ1n) is 15.5. The fourth-order valence-corrected chi connectivity index (χ4v) is 5.41. The van der Waals surface area contributed by atoms with Crippen molar-refractivity contribution in [2.24, 2.45) is 0 Å². The second kappa shape index (κ2) is 18.0. The van der Waals surface area contributed by atoms with Crippen LogP contribution in [0.1, 0.15) is 46.7 Å². The number of nitrogens with zero attached hydrogens (tertiary/aromatic N) is 2. The van der Waals surface area contributed by atoms with Crippen LogP contribution in [0.15, 0.2) is 18.2 Å². The van der Waals surface area contributed by atoms with Gasteiger partial charge in [0.25, 0.3) is 11.8 Å². The van der Waals surface area contributed by atoms with Crippen LogP contribution in [0.2, 0.25) is 0 Å². The summed E-state index contributed by atoms with van der Waals surface area (Å²) in [6.07, 6.45) is -1.48. The van der Waals surface area contributed by atoms with E-state index in [1.807, 2.05) is 13.8 Å². The van der Waals surface area contributed by atoms with Gasteiger partial charge in [-0.1, -0.05) is 13.8 Å². The molecule has 17 nitrogen and oxygen atoms in total. The highest BCUT2D eigenvalue weighted by Gasteiger charge is 2.39. The number of methoxy groups -OCH3 is 1. The van der Waals surface area contributed by atoms with Crippen molar-refractivity contribution in [2.45, 2.75) is 33.8 Å². The molecule has 1 aromatic heterocycles. The Kier molecular flexibility index (Phi) is 14.4. The van der Waals surface area contributed by atoms with Gasteiger partial charge in [-0.3, -0.25) is 23.7 Å². The SMILES string of the molecule is CCN(CC)CCNC(=O)c1c(C)[nH]c(/C=C2\C(=O)N(C(=O)OCC(COP(=O)(O)O)OC(=O)CNC(=O)COC)c3ccc(F)cc32)c1C. The van der Waals surface area contributed by atoms with E-state index in [1.165, 1.54) is 19.3 Å². The molecule has 0 saturated heterocycles. The first kappa shape index (κ1) is 40.0. The van der Waals surface area contributed by atoms with Crippen molar-refractivity contribution in [2.75, 3.05) is 64.6 Å². The van der Waals surface area contributed by atoms with Crippen molar-refractivity contribution >= 4 is 54.9 Å². The Morgan fingerprint density at radius 2 is 1.82 bits per heavy atom. The normalized spacial score (nSPS) is 14.1. The molecule has 1 unspecified atom stereocenters. The van der Waals surface area contributed by atoms with E-state index < -0.39 is 63.4 Å². The third-order valence-corrected chi connectivity index (χ3v) is 8.02. The van der Waals surface area contributed by atoms with Gasteiger partial charge in [0.15, 0.2) is 6.10 Å². The van der Waals surface area contributed by atoms with Gasteiger partial charge in [-0.15, -0.1) is 0 Å². The first-order valence-corrected chi connectivity index (χ1v) is 17.0. The maximum Gasteiger partial charge on any atom is 0.469 e. The molecule has 274 valence electrons. The van der Waals surface area contributed by atoms with Crippen LogP contribution in [0.5, 0.6) is 0 Å². The van der Waals surface area contributed by atoms with Gasteiger partial charge in [-0.05, 0) is 56.8 Å². The molecule has 1 aliphatic rings. The molecule has 0 bridgehead atoms. The molecular weight excluding hydrogens is 684 g/mol. The Hall–Kier alpha value is -4.45. The zero-order valence-corrected chi connectivity index (χ0v) is 29.1. The molecule has 0 fully saturated rings. The van der Waals surface area contributed by atoms with Gasteiger partial charge in [-0.25, -0.2) is 18.6 Å². The van der Waals surface area contributed by atoms with Gasteiger partial charge >= 0.3 is 19.9 Å². The molecule has 0 aliphatic carbocycles. The average Bonchev–Trinajstić information content (AvgIpc) is 3.49. The van der Waals surface area contributed by atoms with Crippen LogP contribution >= 0.6 is 7.82 Å². The third-order valence-electron chi connectivity index (χ3n) is 7.53. The van der Waals surface area contributed by atoms with E-state index in [0.29, 0.717) is 40.5 Å². The summed E-state index contributed by atoms with van der Waals surface area (Å²) in [4.78, 5) is 87.9. The number of carbonyl (C=O) groups excluding carboxylic acids is 5. The Balaban J connectivity index is 1.82. The standard InChI is InChI=1S/C31H41FN5O12P/c1-6-36(7-2)11-10-33-29(40)28-18(3)24(35-19(28)4)13-23-22-12-20(32)8-9-25(22)37(30(23)41)31(42)47-15-21(16-48-50(43,44)45)49-27(39)14-34-26(38)17-46-5/h8-9,12-13,21,35H,6-7,10-11,14-17H2,1-5H3,(H,33,40)(H,34,38)(H2,43,44,45)/b23-13-. The van der Waals surface area contributed by atoms with Crippen LogP contribution in [0, 0.1) is 19.7 Å². The van der Waals surface area contributed by atoms with E-state index >= 15 is 0 Å². The number of H-pyrrole nitrogens is 1. The molecule has 19 heteroatoms. The van der Waals surface area contributed by atoms with Gasteiger partial charge in [0, 0.05) is 37.2 Å². The highest BCUT2D eigenvalue weighted by Crippen LogP contribution is 2.39. The zero-order valence-electron chi connectivity index (χ0n) is 28.2. The van der Waals surface area contributed by atoms with Gasteiger partial charge in [0.2, 0.25) is 5.91 Å². The number of likely N-dealkylation sites (N-methyl/N-ethyl adjacent to an activating group) is 1. The number of phosphoric ester groups is 1. The lowest BCUT2D eigenvalue weighted by molar-refractivity contribution is -0.153. The molecule has 1 aliphatic heterocycles. The number of fused-ring (bicyclic) bond motifs is 1. The third kappa shape index (κ3) is 10.8. The van der Waals surface area contributed by atoms with Gasteiger partial charge in [0.1, 0.15) is 25.6 Å². The summed E-state index contributed by atoms with van der Waals surface area (Å²) in [5.74, 6) is -3.65. The van der Waals surface area contributed by atoms with Crippen LogP contribution in [0.25, 0.3) is 11.6 Å². The van der Waals surface area contributed by atoms with E-state index in [-0.39, 0.29) is 29.3 Å². The Morgan fingerprint density at radius 3 is 2.46 bits per heavy atom. The summed E-state index contributed by atoms with van der Waals surface area (Å²) in [5.41, 5.74) is 1.67. The minimum atomic E-state index is -5.05. The summed E-state index contributed by atoms with van der Waals surface area (Å²) in [7, 11) is -3.79. The molecule has 1 atom stereocenters. The summed E-state index contributed by atoms with van der Waals surface area (Å²) in [6.45, 7) is 7.40. The van der Waals surface area contributed by atoms with Gasteiger partial charge in [-0.2, -0.15) is 0 Å². The molecule has 0 radical (unpaired) electrons. The molecule has 1 aromatic carbocycles. The van der Waals surface area contributed by atoms with E-state index in [0.717, 1.165) is 25.2 Å². The number of ether oxygens (including phenoxy) is 3. The quantitative estimate of drug-likeness (QED) is 0.0890. The first-order chi connectivity index (χ1) is 23.6. The number of aryl methyl sites for hydroxylation is 1. The largest absolute Gasteiger partial charge is 0.469 e. The number of amides is 4. The van der Waals surface area contributed by atoms with Crippen LogP contribution in [0.3, 0.4) is 0 Å². The molecule has 2 heterocycles. The topological polar surface area (TPSA) is 226 Å². The number of nitrogens with one attached hydrogen (secondary N) is 3. The van der Waals surface area contributed by atoms with Gasteiger partial charge < -0.3 is 44.5 Å². The number of hydrogen-bond acceptors (Lipinski definition) is 11. The van der Waals surface area contributed by atoms with Crippen LogP contribution in [-0.4, -0.2) is 115 Å². The number of benzene rings is 1. The molecular formula is C31H41FN5O12P. The van der Waals surface area contributed by atoms with Crippen molar-refractivity contribution in [1.29, 1.82) is 0 Å². The second-order valence-corrected chi connectivity index (χ2v) is 12.2. The van der Waals surface area contributed by atoms with Crippen LogP contribution < -0.4 is 15.5 Å². The van der Waals surface area contributed by atoms with E-state index in [4.69, 9.17) is 19.3 Å². The molecule has 4 amide bonds. The van der Waals surface area contributed by atoms with Crippen molar-refractivity contribution in [3.63, 3.8) is 0 Å². The number of halogens is 1. The Morgan fingerprint density at radius 1 is 1.12 bits per heavy atom. The molecule has 0 spiro atoms. The molecule has 3 rings (SSSR count). The lowest BCUT2D eigenvalue weighted by Gasteiger charge is -2.20. The van der Waals surface area contributed by atoms with Crippen molar-refractivity contribution in [3.05, 3.63) is 52.1 Å². The Bertz CT molecular complexity index is 1670. The predicted molar refractivity (Wildman–Crippen MR) is 176 cm³/mol. The summed E-state index contributed by atoms with van der Waals surface area (Å²) >= 11 is 0. The maximum atomic E-state index is 14.4. The lowest BCUT2D eigenvalue weighted by Crippen LogP contribution is -2.39. The van der Waals surface area contributed by atoms with Crippen molar-refractivity contribution < 1.29 is 61.4 Å². The van der Waals surface area contributed by atoms with Crippen LogP contribution in [-0.2, 0) is 37.7 Å². The number of rotatable bonds is 17. The number of carbonyl (C=O) groups is 5. The number of anilines is 1. The maximum absolute atomic E-state index is 14.4. The fourth-order valence-electron chi connectivity index (χ4n) is 5.05. The number of hydrogen-bond donors (Lipinski definition) is 5. The lowest BCUT2D eigenvalue weighted by atomic mass is 10.0. The molecule has 50 heavy (non-hydrogen) atoms. The summed E-state index contributed by atoms with van der Waals surface area (Å²) in [6, 6.07) is 3.26.